The van der Waals surface area contributed by atoms with Gasteiger partial charge in [0.1, 0.15) is 5.69 Å². The first-order valence-electron chi connectivity index (χ1n) is 6.84. The molecule has 1 amide bonds. The van der Waals surface area contributed by atoms with Crippen molar-refractivity contribution in [2.24, 2.45) is 0 Å². The van der Waals surface area contributed by atoms with Gasteiger partial charge in [-0.05, 0) is 30.8 Å². The van der Waals surface area contributed by atoms with Gasteiger partial charge in [0.2, 0.25) is 0 Å². The summed E-state index contributed by atoms with van der Waals surface area (Å²) in [6.45, 7) is 0.390. The summed E-state index contributed by atoms with van der Waals surface area (Å²) >= 11 is 5.23. The molecule has 2 N–H and O–H groups in total. The van der Waals surface area contributed by atoms with Crippen molar-refractivity contribution in [1.29, 1.82) is 0 Å². The first-order chi connectivity index (χ1) is 10.6. The number of imidazole rings is 1. The number of methoxy groups -OCH3 is 1. The highest BCUT2D eigenvalue weighted by Crippen LogP contribution is 2.12. The Hall–Kier alpha value is -2.41. The lowest BCUT2D eigenvalue weighted by atomic mass is 10.3. The van der Waals surface area contributed by atoms with Crippen molar-refractivity contribution in [3.8, 4) is 5.69 Å². The number of carbonyl (C=O) groups excluding carboxylic acids is 2. The first-order valence-corrected chi connectivity index (χ1v) is 7.25. The first kappa shape index (κ1) is 16.0. The van der Waals surface area contributed by atoms with E-state index >= 15 is 0 Å². The zero-order valence-electron chi connectivity index (χ0n) is 12.2. The number of para-hydroxylation sites is 1. The maximum Gasteiger partial charge on any atom is 0.305 e. The Labute approximate surface area is 133 Å². The molecule has 0 aliphatic carbocycles. The predicted octanol–water partition coefficient (Wildman–Crippen LogP) is 2.22. The highest BCUT2D eigenvalue weighted by atomic mass is 32.1. The third kappa shape index (κ3) is 3.82. The second-order valence-electron chi connectivity index (χ2n) is 4.59. The molecular weight excluding hydrogens is 302 g/mol. The Kier molecular flexibility index (Phi) is 5.48. The molecule has 0 bridgehead atoms. The number of esters is 1. The molecule has 0 saturated heterocycles. The normalized spacial score (nSPS) is 10.2. The van der Waals surface area contributed by atoms with Crippen LogP contribution in [0, 0.1) is 4.77 Å². The Bertz CT molecular complexity index is 706. The number of rotatable bonds is 6. The second-order valence-corrected chi connectivity index (χ2v) is 4.97. The van der Waals surface area contributed by atoms with Gasteiger partial charge < -0.3 is 15.0 Å². The van der Waals surface area contributed by atoms with Crippen LogP contribution in [0.5, 0.6) is 0 Å². The van der Waals surface area contributed by atoms with Crippen LogP contribution in [0.4, 0.5) is 0 Å². The minimum Gasteiger partial charge on any atom is -0.469 e. The Morgan fingerprint density at radius 2 is 2.05 bits per heavy atom. The molecule has 7 heteroatoms. The summed E-state index contributed by atoms with van der Waals surface area (Å²) in [7, 11) is 1.34. The molecule has 2 aromatic rings. The SMILES string of the molecule is COC(=O)CCCNC(=O)c1c[nH]c(=S)n1-c1ccccc1. The summed E-state index contributed by atoms with van der Waals surface area (Å²) in [5.41, 5.74) is 1.24. The number of benzene rings is 1. The van der Waals surface area contributed by atoms with Crippen LogP contribution in [0.15, 0.2) is 36.5 Å². The summed E-state index contributed by atoms with van der Waals surface area (Å²) in [5, 5.41) is 2.77. The molecule has 0 aliphatic heterocycles. The van der Waals surface area contributed by atoms with Crippen molar-refractivity contribution >= 4 is 24.1 Å². The van der Waals surface area contributed by atoms with E-state index in [-0.39, 0.29) is 18.3 Å². The molecule has 6 nitrogen and oxygen atoms in total. The predicted molar refractivity (Wildman–Crippen MR) is 84.5 cm³/mol. The number of nitrogens with zero attached hydrogens (tertiary/aromatic N) is 1. The molecule has 0 spiro atoms. The summed E-state index contributed by atoms with van der Waals surface area (Å²) in [6, 6.07) is 9.39. The van der Waals surface area contributed by atoms with E-state index in [0.29, 0.717) is 23.4 Å². The summed E-state index contributed by atoms with van der Waals surface area (Å²) in [5.74, 6) is -0.538. The number of ether oxygens (including phenoxy) is 1. The average molecular weight is 319 g/mol. The lowest BCUT2D eigenvalue weighted by molar-refractivity contribution is -0.140. The van der Waals surface area contributed by atoms with Gasteiger partial charge in [0.25, 0.3) is 5.91 Å². The average Bonchev–Trinajstić information content (AvgIpc) is 2.93. The van der Waals surface area contributed by atoms with Crippen molar-refractivity contribution in [3.05, 3.63) is 47.0 Å². The number of H-pyrrole nitrogens is 1. The molecule has 1 aromatic carbocycles. The van der Waals surface area contributed by atoms with Crippen LogP contribution in [0.25, 0.3) is 5.69 Å². The molecule has 2 rings (SSSR count). The van der Waals surface area contributed by atoms with Crippen molar-refractivity contribution in [2.45, 2.75) is 12.8 Å². The minimum absolute atomic E-state index is 0.249. The number of nitrogens with one attached hydrogen (secondary N) is 2. The molecule has 1 aromatic heterocycles. The fourth-order valence-electron chi connectivity index (χ4n) is 2.00. The van der Waals surface area contributed by atoms with Gasteiger partial charge in [-0.3, -0.25) is 14.2 Å². The fourth-order valence-corrected chi connectivity index (χ4v) is 2.26. The summed E-state index contributed by atoms with van der Waals surface area (Å²) < 4.78 is 6.67. The van der Waals surface area contributed by atoms with E-state index in [0.717, 1.165) is 5.69 Å². The molecule has 1 heterocycles. The van der Waals surface area contributed by atoms with E-state index in [1.807, 2.05) is 30.3 Å². The number of carbonyl (C=O) groups is 2. The van der Waals surface area contributed by atoms with Crippen LogP contribution in [-0.2, 0) is 9.53 Å². The van der Waals surface area contributed by atoms with Gasteiger partial charge in [-0.15, -0.1) is 0 Å². The monoisotopic (exact) mass is 319 g/mol. The van der Waals surface area contributed by atoms with Gasteiger partial charge in [0, 0.05) is 24.8 Å². The highest BCUT2D eigenvalue weighted by Gasteiger charge is 2.13. The van der Waals surface area contributed by atoms with Gasteiger partial charge in [-0.2, -0.15) is 0 Å². The molecule has 0 fully saturated rings. The van der Waals surface area contributed by atoms with Gasteiger partial charge in [0.05, 0.1) is 7.11 Å². The van der Waals surface area contributed by atoms with Crippen LogP contribution in [-0.4, -0.2) is 35.1 Å². The molecule has 0 saturated carbocycles. The molecular formula is C15H17N3O3S. The zero-order chi connectivity index (χ0) is 15.9. The van der Waals surface area contributed by atoms with Crippen molar-refractivity contribution < 1.29 is 14.3 Å². The van der Waals surface area contributed by atoms with Crippen LogP contribution < -0.4 is 5.32 Å². The van der Waals surface area contributed by atoms with E-state index in [1.165, 1.54) is 7.11 Å². The highest BCUT2D eigenvalue weighted by molar-refractivity contribution is 7.71. The maximum absolute atomic E-state index is 12.3. The number of aromatic amines is 1. The third-order valence-electron chi connectivity index (χ3n) is 3.09. The Balaban J connectivity index is 2.05. The van der Waals surface area contributed by atoms with E-state index in [9.17, 15) is 9.59 Å². The largest absolute Gasteiger partial charge is 0.469 e. The van der Waals surface area contributed by atoms with Crippen LogP contribution in [0.1, 0.15) is 23.3 Å². The van der Waals surface area contributed by atoms with Gasteiger partial charge in [-0.1, -0.05) is 18.2 Å². The molecule has 0 aliphatic rings. The maximum atomic E-state index is 12.3. The lowest BCUT2D eigenvalue weighted by Gasteiger charge is -2.08. The second kappa shape index (κ2) is 7.56. The van der Waals surface area contributed by atoms with Crippen LogP contribution in [0.2, 0.25) is 0 Å². The smallest absolute Gasteiger partial charge is 0.305 e. The number of hydrogen-bond acceptors (Lipinski definition) is 4. The molecule has 0 radical (unpaired) electrons. The molecule has 22 heavy (non-hydrogen) atoms. The zero-order valence-corrected chi connectivity index (χ0v) is 13.0. The van der Waals surface area contributed by atoms with Gasteiger partial charge in [0.15, 0.2) is 4.77 Å². The van der Waals surface area contributed by atoms with Crippen molar-refractivity contribution in [3.63, 3.8) is 0 Å². The van der Waals surface area contributed by atoms with Crippen molar-refractivity contribution in [2.75, 3.05) is 13.7 Å². The van der Waals surface area contributed by atoms with Crippen LogP contribution in [0.3, 0.4) is 0 Å². The number of amides is 1. The van der Waals surface area contributed by atoms with E-state index in [2.05, 4.69) is 15.0 Å². The Morgan fingerprint density at radius 1 is 1.32 bits per heavy atom. The van der Waals surface area contributed by atoms with Crippen molar-refractivity contribution in [1.82, 2.24) is 14.9 Å². The quantitative estimate of drug-likeness (QED) is 0.486. The van der Waals surface area contributed by atoms with Gasteiger partial charge in [-0.25, -0.2) is 0 Å². The molecule has 0 unspecified atom stereocenters. The van der Waals surface area contributed by atoms with E-state index < -0.39 is 0 Å². The van der Waals surface area contributed by atoms with E-state index in [1.54, 1.807) is 10.8 Å². The standard InChI is InChI=1S/C15H17N3O3S/c1-21-13(19)8-5-9-16-14(20)12-10-17-15(22)18(12)11-6-3-2-4-7-11/h2-4,6-7,10H,5,8-9H2,1H3,(H,16,20)(H,17,22). The fraction of sp³-hybridized carbons (Fsp3) is 0.267. The van der Waals surface area contributed by atoms with Crippen LogP contribution >= 0.6 is 12.2 Å². The Morgan fingerprint density at radius 3 is 2.73 bits per heavy atom. The topological polar surface area (TPSA) is 76.1 Å². The minimum atomic E-state index is -0.289. The van der Waals surface area contributed by atoms with Gasteiger partial charge >= 0.3 is 5.97 Å². The third-order valence-corrected chi connectivity index (χ3v) is 3.39. The molecule has 116 valence electrons. The van der Waals surface area contributed by atoms with E-state index in [4.69, 9.17) is 12.2 Å². The summed E-state index contributed by atoms with van der Waals surface area (Å²) in [4.78, 5) is 26.1. The summed E-state index contributed by atoms with van der Waals surface area (Å²) in [6.07, 6.45) is 2.37. The number of aromatic nitrogens is 2. The number of hydrogen-bond donors (Lipinski definition) is 2. The molecule has 0 atom stereocenters. The lowest BCUT2D eigenvalue weighted by Crippen LogP contribution is -2.27.